The van der Waals surface area contributed by atoms with Gasteiger partial charge in [-0.25, -0.2) is 4.79 Å². The van der Waals surface area contributed by atoms with Crippen LogP contribution in [-0.4, -0.2) is 52.6 Å². The second-order valence-corrected chi connectivity index (χ2v) is 9.67. The smallest absolute Gasteiger partial charge is 0.410 e. The third-order valence-electron chi connectivity index (χ3n) is 6.36. The Morgan fingerprint density at radius 1 is 0.933 bits per heavy atom. The molecule has 2 aliphatic rings. The van der Waals surface area contributed by atoms with Crippen molar-refractivity contribution in [2.75, 3.05) is 19.6 Å². The minimum Gasteiger partial charge on any atom is -0.444 e. The van der Waals surface area contributed by atoms with E-state index in [0.717, 1.165) is 42.0 Å². The average molecular weight is 409 g/mol. The van der Waals surface area contributed by atoms with Gasteiger partial charge in [-0.05, 0) is 50.5 Å². The molecule has 30 heavy (non-hydrogen) atoms. The van der Waals surface area contributed by atoms with Gasteiger partial charge < -0.3 is 9.64 Å². The molecule has 1 heterocycles. The molecule has 2 aromatic rings. The van der Waals surface area contributed by atoms with Crippen molar-refractivity contribution in [1.29, 1.82) is 0 Å². The van der Waals surface area contributed by atoms with Crippen LogP contribution in [0.25, 0.3) is 10.8 Å². The summed E-state index contributed by atoms with van der Waals surface area (Å²) >= 11 is 0. The van der Waals surface area contributed by atoms with Crippen LogP contribution in [0, 0.1) is 0 Å². The van der Waals surface area contributed by atoms with Crippen LogP contribution in [-0.2, 0) is 4.74 Å². The number of hydrogen-bond acceptors (Lipinski definition) is 3. The fraction of sp³-hybridized carbons (Fsp3) is 0.520. The number of fused-ring (bicyclic) bond motifs is 1. The molecule has 0 aromatic heterocycles. The molecular formula is C25H32N2O3. The van der Waals surface area contributed by atoms with Gasteiger partial charge in [0.15, 0.2) is 0 Å². The molecule has 5 heteroatoms. The first-order chi connectivity index (χ1) is 14.3. The first kappa shape index (κ1) is 20.7. The number of carbonyl (C=O) groups excluding carboxylic acids is 2. The first-order valence-electron chi connectivity index (χ1n) is 11.1. The second kappa shape index (κ2) is 7.93. The number of rotatable bonds is 1. The molecule has 1 aliphatic carbocycles. The molecule has 5 nitrogen and oxygen atoms in total. The number of carbonyl (C=O) groups is 2. The van der Waals surface area contributed by atoms with Crippen molar-refractivity contribution in [3.05, 3.63) is 48.0 Å². The van der Waals surface area contributed by atoms with Gasteiger partial charge in [0, 0.05) is 25.2 Å². The predicted octanol–water partition coefficient (Wildman–Crippen LogP) is 5.24. The lowest BCUT2D eigenvalue weighted by molar-refractivity contribution is -0.0425. The van der Waals surface area contributed by atoms with E-state index in [9.17, 15) is 9.59 Å². The van der Waals surface area contributed by atoms with E-state index in [0.29, 0.717) is 19.6 Å². The van der Waals surface area contributed by atoms with Crippen molar-refractivity contribution in [2.24, 2.45) is 0 Å². The van der Waals surface area contributed by atoms with Gasteiger partial charge >= 0.3 is 6.09 Å². The van der Waals surface area contributed by atoms with E-state index in [4.69, 9.17) is 4.74 Å². The molecule has 2 amide bonds. The zero-order valence-corrected chi connectivity index (χ0v) is 18.3. The highest BCUT2D eigenvalue weighted by molar-refractivity contribution is 6.07. The molecular weight excluding hydrogens is 376 g/mol. The van der Waals surface area contributed by atoms with Gasteiger partial charge in [0.1, 0.15) is 5.60 Å². The van der Waals surface area contributed by atoms with Gasteiger partial charge in [-0.3, -0.25) is 9.69 Å². The van der Waals surface area contributed by atoms with Crippen molar-refractivity contribution in [1.82, 2.24) is 9.80 Å². The minimum absolute atomic E-state index is 0.0561. The van der Waals surface area contributed by atoms with E-state index >= 15 is 0 Å². The van der Waals surface area contributed by atoms with Crippen LogP contribution in [0.5, 0.6) is 0 Å². The van der Waals surface area contributed by atoms with E-state index in [1.165, 1.54) is 6.42 Å². The van der Waals surface area contributed by atoms with Gasteiger partial charge in [-0.15, -0.1) is 0 Å². The summed E-state index contributed by atoms with van der Waals surface area (Å²) in [5, 5.41) is 2.06. The number of piperazine rings is 1. The Bertz CT molecular complexity index is 936. The number of benzene rings is 2. The molecule has 0 atom stereocenters. The maximum absolute atomic E-state index is 13.5. The lowest BCUT2D eigenvalue weighted by Gasteiger charge is -2.52. The van der Waals surface area contributed by atoms with Gasteiger partial charge in [0.05, 0.1) is 5.54 Å². The van der Waals surface area contributed by atoms with Crippen LogP contribution in [0.3, 0.4) is 0 Å². The third-order valence-corrected chi connectivity index (χ3v) is 6.36. The molecule has 1 saturated carbocycles. The molecule has 0 unspecified atom stereocenters. The van der Waals surface area contributed by atoms with Crippen LogP contribution < -0.4 is 0 Å². The topological polar surface area (TPSA) is 49.9 Å². The van der Waals surface area contributed by atoms with E-state index in [2.05, 4.69) is 0 Å². The molecule has 2 fully saturated rings. The van der Waals surface area contributed by atoms with Gasteiger partial charge in [0.25, 0.3) is 5.91 Å². The lowest BCUT2D eigenvalue weighted by atomic mass is 9.78. The maximum Gasteiger partial charge on any atom is 0.410 e. The maximum atomic E-state index is 13.5. The molecule has 1 spiro atoms. The molecule has 2 aromatic carbocycles. The monoisotopic (exact) mass is 408 g/mol. The number of ether oxygens (including phenoxy) is 1. The Kier molecular flexibility index (Phi) is 5.48. The van der Waals surface area contributed by atoms with Crippen LogP contribution in [0.15, 0.2) is 42.5 Å². The van der Waals surface area contributed by atoms with E-state index in [1.54, 1.807) is 0 Å². The summed E-state index contributed by atoms with van der Waals surface area (Å²) in [5.41, 5.74) is -0.105. The quantitative estimate of drug-likeness (QED) is 0.649. The number of nitrogens with zero attached hydrogens (tertiary/aromatic N) is 2. The van der Waals surface area contributed by atoms with Crippen LogP contribution in [0.2, 0.25) is 0 Å². The normalized spacial score (nSPS) is 19.2. The van der Waals surface area contributed by atoms with Crippen molar-refractivity contribution in [3.8, 4) is 0 Å². The second-order valence-electron chi connectivity index (χ2n) is 9.67. The highest BCUT2D eigenvalue weighted by atomic mass is 16.6. The summed E-state index contributed by atoms with van der Waals surface area (Å²) in [4.78, 5) is 30.4. The largest absolute Gasteiger partial charge is 0.444 e. The number of hydrogen-bond donors (Lipinski definition) is 0. The van der Waals surface area contributed by atoms with E-state index in [-0.39, 0.29) is 17.5 Å². The molecule has 0 bridgehead atoms. The Hall–Kier alpha value is -2.56. The Morgan fingerprint density at radius 2 is 1.63 bits per heavy atom. The molecule has 0 radical (unpaired) electrons. The van der Waals surface area contributed by atoms with Gasteiger partial charge in [-0.1, -0.05) is 55.7 Å². The van der Waals surface area contributed by atoms with E-state index < -0.39 is 5.60 Å². The van der Waals surface area contributed by atoms with Crippen LogP contribution in [0.4, 0.5) is 4.79 Å². The van der Waals surface area contributed by atoms with Crippen molar-refractivity contribution < 1.29 is 14.3 Å². The zero-order valence-electron chi connectivity index (χ0n) is 18.3. The molecule has 1 saturated heterocycles. The van der Waals surface area contributed by atoms with Crippen molar-refractivity contribution >= 4 is 22.8 Å². The third kappa shape index (κ3) is 4.03. The first-order valence-corrected chi connectivity index (χ1v) is 11.1. The van der Waals surface area contributed by atoms with E-state index in [1.807, 2.05) is 73.0 Å². The summed E-state index contributed by atoms with van der Waals surface area (Å²) in [6, 6.07) is 13.9. The fourth-order valence-electron chi connectivity index (χ4n) is 4.97. The summed E-state index contributed by atoms with van der Waals surface area (Å²) < 4.78 is 5.73. The van der Waals surface area contributed by atoms with Crippen LogP contribution >= 0.6 is 0 Å². The zero-order chi connectivity index (χ0) is 21.4. The SMILES string of the molecule is CC(C)(C)OC(=O)N1CCN(C(=O)c2cccc3ccccc23)CC12CCCCC2. The fourth-order valence-corrected chi connectivity index (χ4v) is 4.97. The molecule has 160 valence electrons. The van der Waals surface area contributed by atoms with Gasteiger partial charge in [0.2, 0.25) is 0 Å². The summed E-state index contributed by atoms with van der Waals surface area (Å²) in [6.45, 7) is 7.33. The standard InChI is InChI=1S/C25H32N2O3/c1-24(2,3)30-23(29)27-17-16-26(18-25(27)14-7-4-8-15-25)22(28)21-13-9-11-19-10-5-6-12-20(19)21/h5-6,9-13H,4,7-8,14-18H2,1-3H3. The van der Waals surface area contributed by atoms with Crippen LogP contribution in [0.1, 0.15) is 63.2 Å². The average Bonchev–Trinajstić information content (AvgIpc) is 2.72. The summed E-state index contributed by atoms with van der Waals surface area (Å²) in [6.07, 6.45) is 4.94. The predicted molar refractivity (Wildman–Crippen MR) is 119 cm³/mol. The number of amides is 2. The Balaban J connectivity index is 1.61. The molecule has 0 N–H and O–H groups in total. The van der Waals surface area contributed by atoms with Crippen molar-refractivity contribution in [2.45, 2.75) is 64.0 Å². The van der Waals surface area contributed by atoms with Crippen molar-refractivity contribution in [3.63, 3.8) is 0 Å². The Morgan fingerprint density at radius 3 is 2.37 bits per heavy atom. The molecule has 4 rings (SSSR count). The Labute approximate surface area is 179 Å². The highest BCUT2D eigenvalue weighted by Gasteiger charge is 2.47. The summed E-state index contributed by atoms with van der Waals surface area (Å²) in [7, 11) is 0. The molecule has 1 aliphatic heterocycles. The minimum atomic E-state index is -0.525. The van der Waals surface area contributed by atoms with Gasteiger partial charge in [-0.2, -0.15) is 0 Å². The lowest BCUT2D eigenvalue weighted by Crippen LogP contribution is -2.65. The highest BCUT2D eigenvalue weighted by Crippen LogP contribution is 2.38. The summed E-state index contributed by atoms with van der Waals surface area (Å²) in [5.74, 6) is 0.0561.